The number of rotatable bonds is 5. The van der Waals surface area contributed by atoms with Gasteiger partial charge >= 0.3 is 11.9 Å². The van der Waals surface area contributed by atoms with Crippen LogP contribution < -0.4 is 5.32 Å². The average molecular weight is 477 g/mol. The van der Waals surface area contributed by atoms with Crippen LogP contribution in [0.15, 0.2) is 53.1 Å². The summed E-state index contributed by atoms with van der Waals surface area (Å²) in [6, 6.07) is 13.1. The number of aromatic nitrogens is 2. The van der Waals surface area contributed by atoms with Gasteiger partial charge in [0.05, 0.1) is 12.5 Å². The molecule has 1 amide bonds. The van der Waals surface area contributed by atoms with E-state index in [0.29, 0.717) is 35.5 Å². The van der Waals surface area contributed by atoms with Gasteiger partial charge in [0.1, 0.15) is 5.82 Å². The number of nitrogens with zero attached hydrogens (tertiary/aromatic N) is 3. The molecule has 1 saturated heterocycles. The Morgan fingerprint density at radius 1 is 1.12 bits per heavy atom. The van der Waals surface area contributed by atoms with Crippen LogP contribution in [0.1, 0.15) is 11.8 Å². The van der Waals surface area contributed by atoms with E-state index in [9.17, 15) is 9.18 Å². The number of aliphatic carboxylic acids is 2. The molecule has 0 spiro atoms. The Morgan fingerprint density at radius 3 is 2.45 bits per heavy atom. The van der Waals surface area contributed by atoms with Gasteiger partial charge in [-0.25, -0.2) is 14.0 Å². The fourth-order valence-electron chi connectivity index (χ4n) is 2.97. The summed E-state index contributed by atoms with van der Waals surface area (Å²) in [5.74, 6) is -3.09. The number of carbonyl (C=O) groups is 3. The van der Waals surface area contributed by atoms with Crippen molar-refractivity contribution in [2.24, 2.45) is 0 Å². The Hall–Kier alpha value is -3.83. The van der Waals surface area contributed by atoms with Crippen molar-refractivity contribution in [3.05, 3.63) is 65.3 Å². The third-order valence-electron chi connectivity index (χ3n) is 4.49. The zero-order chi connectivity index (χ0) is 24.0. The topological polar surface area (TPSA) is 146 Å². The zero-order valence-corrected chi connectivity index (χ0v) is 17.7. The molecule has 1 aromatic heterocycles. The number of benzene rings is 2. The maximum absolute atomic E-state index is 13.2. The van der Waals surface area contributed by atoms with Gasteiger partial charge in [-0.05, 0) is 30.3 Å². The minimum Gasteiger partial charge on any atom is -0.473 e. The van der Waals surface area contributed by atoms with E-state index in [4.69, 9.17) is 35.9 Å². The standard InChI is InChI=1S/C19H16ClFN4O2.C2H2O4/c20-14-4-1-3-12(7-14)18-23-19(27-24-18)13-9-25(10-13)11-17(26)22-16-6-2-5-15(21)8-16;3-1(4)2(5)6/h1-8,13H,9-11H2,(H,22,26);(H,3,4)(H,5,6). The van der Waals surface area contributed by atoms with Crippen LogP contribution in [0.2, 0.25) is 5.02 Å². The third-order valence-corrected chi connectivity index (χ3v) is 4.72. The minimum atomic E-state index is -1.82. The van der Waals surface area contributed by atoms with Gasteiger partial charge in [0.15, 0.2) is 0 Å². The molecular formula is C21H18ClFN4O6. The maximum Gasteiger partial charge on any atom is 0.414 e. The molecule has 0 bridgehead atoms. The van der Waals surface area contributed by atoms with Crippen LogP contribution in [0.25, 0.3) is 11.4 Å². The van der Waals surface area contributed by atoms with E-state index < -0.39 is 11.9 Å². The number of amides is 1. The van der Waals surface area contributed by atoms with Crippen molar-refractivity contribution in [2.75, 3.05) is 25.0 Å². The van der Waals surface area contributed by atoms with Gasteiger partial charge in [0.25, 0.3) is 0 Å². The molecule has 0 radical (unpaired) electrons. The highest BCUT2D eigenvalue weighted by molar-refractivity contribution is 6.30. The highest BCUT2D eigenvalue weighted by Crippen LogP contribution is 2.28. The summed E-state index contributed by atoms with van der Waals surface area (Å²) < 4.78 is 18.5. The molecule has 2 aromatic carbocycles. The number of hydrogen-bond acceptors (Lipinski definition) is 7. The first-order valence-electron chi connectivity index (χ1n) is 9.55. The van der Waals surface area contributed by atoms with Crippen LogP contribution >= 0.6 is 11.6 Å². The first-order chi connectivity index (χ1) is 15.7. The first-order valence-corrected chi connectivity index (χ1v) is 9.92. The van der Waals surface area contributed by atoms with Gasteiger partial charge in [0, 0.05) is 29.4 Å². The molecule has 1 aliphatic heterocycles. The Morgan fingerprint density at radius 2 is 1.82 bits per heavy atom. The van der Waals surface area contributed by atoms with Crippen LogP contribution in [0.5, 0.6) is 0 Å². The predicted molar refractivity (Wildman–Crippen MR) is 114 cm³/mol. The molecule has 1 fully saturated rings. The van der Waals surface area contributed by atoms with Crippen molar-refractivity contribution in [3.8, 4) is 11.4 Å². The van der Waals surface area contributed by atoms with Crippen molar-refractivity contribution in [3.63, 3.8) is 0 Å². The number of likely N-dealkylation sites (tertiary alicyclic amines) is 1. The van der Waals surface area contributed by atoms with Crippen molar-refractivity contribution in [1.82, 2.24) is 15.0 Å². The van der Waals surface area contributed by atoms with E-state index in [1.54, 1.807) is 24.3 Å². The summed E-state index contributed by atoms with van der Waals surface area (Å²) in [7, 11) is 0. The smallest absolute Gasteiger partial charge is 0.414 e. The molecule has 3 N–H and O–H groups in total. The molecule has 10 nitrogen and oxygen atoms in total. The number of nitrogens with one attached hydrogen (secondary N) is 1. The fourth-order valence-corrected chi connectivity index (χ4v) is 3.16. The van der Waals surface area contributed by atoms with Crippen LogP contribution in [-0.4, -0.2) is 62.7 Å². The largest absolute Gasteiger partial charge is 0.473 e. The number of carboxylic acid groups (broad SMARTS) is 2. The normalized spacial score (nSPS) is 13.4. The van der Waals surface area contributed by atoms with Crippen molar-refractivity contribution < 1.29 is 33.5 Å². The van der Waals surface area contributed by atoms with Gasteiger partial charge in [-0.1, -0.05) is 35.0 Å². The number of carbonyl (C=O) groups excluding carboxylic acids is 1. The zero-order valence-electron chi connectivity index (χ0n) is 16.9. The molecule has 0 saturated carbocycles. The SMILES string of the molecule is O=C(CN1CC(c2nc(-c3cccc(Cl)c3)no2)C1)Nc1cccc(F)c1.O=C(O)C(=O)O. The van der Waals surface area contributed by atoms with Crippen molar-refractivity contribution in [1.29, 1.82) is 0 Å². The maximum atomic E-state index is 13.2. The summed E-state index contributed by atoms with van der Waals surface area (Å²) in [5.41, 5.74) is 1.24. The number of anilines is 1. The van der Waals surface area contributed by atoms with Gasteiger partial charge in [0.2, 0.25) is 17.6 Å². The van der Waals surface area contributed by atoms with E-state index in [1.165, 1.54) is 12.1 Å². The average Bonchev–Trinajstić information content (AvgIpc) is 3.20. The Bertz CT molecular complexity index is 1150. The van der Waals surface area contributed by atoms with Gasteiger partial charge in [-0.3, -0.25) is 9.69 Å². The molecule has 3 aromatic rings. The number of hydrogen-bond donors (Lipinski definition) is 3. The lowest BCUT2D eigenvalue weighted by molar-refractivity contribution is -0.159. The van der Waals surface area contributed by atoms with E-state index in [1.807, 2.05) is 17.0 Å². The molecule has 4 rings (SSSR count). The molecular weight excluding hydrogens is 459 g/mol. The lowest BCUT2D eigenvalue weighted by Gasteiger charge is -2.36. The first kappa shape index (κ1) is 23.8. The lowest BCUT2D eigenvalue weighted by atomic mass is 10.0. The Kier molecular flexibility index (Phi) is 7.70. The molecule has 0 aliphatic carbocycles. The van der Waals surface area contributed by atoms with E-state index in [0.717, 1.165) is 5.56 Å². The minimum absolute atomic E-state index is 0.0902. The quantitative estimate of drug-likeness (QED) is 0.473. The summed E-state index contributed by atoms with van der Waals surface area (Å²) >= 11 is 5.99. The summed E-state index contributed by atoms with van der Waals surface area (Å²) in [4.78, 5) is 36.6. The molecule has 1 aliphatic rings. The van der Waals surface area contributed by atoms with E-state index >= 15 is 0 Å². The van der Waals surface area contributed by atoms with Crippen molar-refractivity contribution >= 4 is 35.1 Å². The van der Waals surface area contributed by atoms with Gasteiger partial charge in [-0.15, -0.1) is 0 Å². The van der Waals surface area contributed by atoms with E-state index in [-0.39, 0.29) is 24.2 Å². The molecule has 2 heterocycles. The van der Waals surface area contributed by atoms with Crippen LogP contribution in [0, 0.1) is 5.82 Å². The monoisotopic (exact) mass is 476 g/mol. The van der Waals surface area contributed by atoms with Crippen LogP contribution in [0.3, 0.4) is 0 Å². The second-order valence-corrected chi connectivity index (χ2v) is 7.46. The lowest BCUT2D eigenvalue weighted by Crippen LogP contribution is -2.48. The Balaban J connectivity index is 0.000000454. The predicted octanol–water partition coefficient (Wildman–Crippen LogP) is 2.72. The van der Waals surface area contributed by atoms with Gasteiger partial charge < -0.3 is 20.1 Å². The van der Waals surface area contributed by atoms with E-state index in [2.05, 4.69) is 15.5 Å². The highest BCUT2D eigenvalue weighted by atomic mass is 35.5. The molecule has 12 heteroatoms. The summed E-state index contributed by atoms with van der Waals surface area (Å²) in [6.07, 6.45) is 0. The van der Waals surface area contributed by atoms with Crippen LogP contribution in [-0.2, 0) is 14.4 Å². The molecule has 0 atom stereocenters. The molecule has 0 unspecified atom stereocenters. The van der Waals surface area contributed by atoms with Gasteiger partial charge in [-0.2, -0.15) is 4.98 Å². The summed E-state index contributed by atoms with van der Waals surface area (Å²) in [5, 5.41) is 22.1. The highest BCUT2D eigenvalue weighted by Gasteiger charge is 2.33. The second kappa shape index (κ2) is 10.7. The summed E-state index contributed by atoms with van der Waals surface area (Å²) in [6.45, 7) is 1.52. The van der Waals surface area contributed by atoms with Crippen molar-refractivity contribution in [2.45, 2.75) is 5.92 Å². The second-order valence-electron chi connectivity index (χ2n) is 7.03. The number of halogens is 2. The molecule has 33 heavy (non-hydrogen) atoms. The fraction of sp³-hybridized carbons (Fsp3) is 0.190. The third kappa shape index (κ3) is 6.82. The van der Waals surface area contributed by atoms with Crippen LogP contribution in [0.4, 0.5) is 10.1 Å². The number of carboxylic acids is 2. The Labute approximate surface area is 191 Å². The molecule has 172 valence electrons.